The number of hydrogen-bond acceptors (Lipinski definition) is 1. The number of nitrogens with zero attached hydrogens (tertiary/aromatic N) is 1. The van der Waals surface area contributed by atoms with Gasteiger partial charge < -0.3 is 4.90 Å². The highest BCUT2D eigenvalue weighted by Crippen LogP contribution is 2.20. The van der Waals surface area contributed by atoms with Gasteiger partial charge in [0.2, 0.25) is 0 Å². The van der Waals surface area contributed by atoms with Crippen molar-refractivity contribution >= 4 is 0 Å². The van der Waals surface area contributed by atoms with Crippen molar-refractivity contribution in [3.05, 3.63) is 35.9 Å². The molecular formula is C25H45N. The molecule has 1 unspecified atom stereocenters. The third kappa shape index (κ3) is 13.4. The van der Waals surface area contributed by atoms with Gasteiger partial charge in [0.15, 0.2) is 0 Å². The highest BCUT2D eigenvalue weighted by Gasteiger charge is 2.10. The van der Waals surface area contributed by atoms with Crippen LogP contribution in [-0.4, -0.2) is 25.5 Å². The lowest BCUT2D eigenvalue weighted by molar-refractivity contribution is 0.331. The van der Waals surface area contributed by atoms with E-state index in [1.807, 2.05) is 0 Å². The minimum atomic E-state index is 0.846. The average Bonchev–Trinajstić information content (AvgIpc) is 2.64. The lowest BCUT2D eigenvalue weighted by atomic mass is 9.90. The summed E-state index contributed by atoms with van der Waals surface area (Å²) in [4.78, 5) is 2.33. The van der Waals surface area contributed by atoms with Crippen LogP contribution < -0.4 is 0 Å². The fourth-order valence-electron chi connectivity index (χ4n) is 3.83. The Labute approximate surface area is 164 Å². The molecule has 0 heterocycles. The van der Waals surface area contributed by atoms with Crippen LogP contribution in [0, 0.1) is 5.92 Å². The van der Waals surface area contributed by atoms with E-state index < -0.39 is 0 Å². The van der Waals surface area contributed by atoms with E-state index in [-0.39, 0.29) is 0 Å². The van der Waals surface area contributed by atoms with E-state index in [4.69, 9.17) is 0 Å². The van der Waals surface area contributed by atoms with Crippen LogP contribution in [0.4, 0.5) is 0 Å². The molecule has 150 valence electrons. The molecular weight excluding hydrogens is 314 g/mol. The van der Waals surface area contributed by atoms with E-state index >= 15 is 0 Å². The lowest BCUT2D eigenvalue weighted by Crippen LogP contribution is -2.18. The number of rotatable bonds is 17. The smallest absolute Gasteiger partial charge is 0.00221 e. The molecule has 0 amide bonds. The Morgan fingerprint density at radius 1 is 0.692 bits per heavy atom. The van der Waals surface area contributed by atoms with Gasteiger partial charge in [0.05, 0.1) is 0 Å². The predicted molar refractivity (Wildman–Crippen MR) is 118 cm³/mol. The molecule has 0 fully saturated rings. The van der Waals surface area contributed by atoms with Gasteiger partial charge in [0, 0.05) is 0 Å². The highest BCUT2D eigenvalue weighted by molar-refractivity contribution is 5.15. The van der Waals surface area contributed by atoms with Crippen LogP contribution in [0.3, 0.4) is 0 Å². The van der Waals surface area contributed by atoms with Gasteiger partial charge in [-0.3, -0.25) is 0 Å². The second-order valence-electron chi connectivity index (χ2n) is 8.47. The minimum Gasteiger partial charge on any atom is -0.309 e. The van der Waals surface area contributed by atoms with Gasteiger partial charge in [0.1, 0.15) is 0 Å². The summed E-state index contributed by atoms with van der Waals surface area (Å²) in [6.45, 7) is 3.51. The summed E-state index contributed by atoms with van der Waals surface area (Å²) >= 11 is 0. The Morgan fingerprint density at radius 3 is 1.77 bits per heavy atom. The molecule has 0 spiro atoms. The summed E-state index contributed by atoms with van der Waals surface area (Å²) < 4.78 is 0. The first-order valence-corrected chi connectivity index (χ1v) is 11.4. The normalized spacial score (nSPS) is 12.6. The molecule has 1 aromatic rings. The van der Waals surface area contributed by atoms with Crippen molar-refractivity contribution in [1.82, 2.24) is 4.90 Å². The molecule has 1 heteroatoms. The second-order valence-corrected chi connectivity index (χ2v) is 8.47. The topological polar surface area (TPSA) is 3.24 Å². The van der Waals surface area contributed by atoms with Crippen molar-refractivity contribution in [3.8, 4) is 0 Å². The third-order valence-electron chi connectivity index (χ3n) is 5.57. The van der Waals surface area contributed by atoms with Crippen molar-refractivity contribution in [2.75, 3.05) is 20.6 Å². The van der Waals surface area contributed by atoms with Crippen molar-refractivity contribution in [2.45, 2.75) is 96.8 Å². The van der Waals surface area contributed by atoms with Crippen LogP contribution in [0.2, 0.25) is 0 Å². The summed E-state index contributed by atoms with van der Waals surface area (Å²) in [5.41, 5.74) is 1.51. The molecule has 0 radical (unpaired) electrons. The molecule has 0 N–H and O–H groups in total. The van der Waals surface area contributed by atoms with Crippen molar-refractivity contribution in [3.63, 3.8) is 0 Å². The fraction of sp³-hybridized carbons (Fsp3) is 0.760. The van der Waals surface area contributed by atoms with E-state index in [1.165, 1.54) is 102 Å². The van der Waals surface area contributed by atoms with Crippen molar-refractivity contribution in [1.29, 1.82) is 0 Å². The molecule has 1 aromatic carbocycles. The Hall–Kier alpha value is -0.820. The standard InChI is InChI=1S/C25H45N/c1-4-5-6-7-8-9-10-11-12-13-15-20-25(21-22-26(2)3)23-24-18-16-14-17-19-24/h14,16-19,25H,4-13,15,20-23H2,1-3H3. The molecule has 26 heavy (non-hydrogen) atoms. The molecule has 0 aliphatic rings. The van der Waals surface area contributed by atoms with Crippen LogP contribution in [0.25, 0.3) is 0 Å². The molecule has 0 saturated carbocycles. The lowest BCUT2D eigenvalue weighted by Gasteiger charge is -2.19. The van der Waals surface area contributed by atoms with E-state index in [0.717, 1.165) is 5.92 Å². The number of benzene rings is 1. The highest BCUT2D eigenvalue weighted by atomic mass is 15.0. The van der Waals surface area contributed by atoms with E-state index in [9.17, 15) is 0 Å². The summed E-state index contributed by atoms with van der Waals surface area (Å²) in [5, 5.41) is 0. The zero-order chi connectivity index (χ0) is 18.9. The summed E-state index contributed by atoms with van der Waals surface area (Å²) in [6.07, 6.45) is 19.8. The minimum absolute atomic E-state index is 0.846. The van der Waals surface area contributed by atoms with Crippen LogP contribution in [0.5, 0.6) is 0 Å². The van der Waals surface area contributed by atoms with Gasteiger partial charge in [-0.15, -0.1) is 0 Å². The number of hydrogen-bond donors (Lipinski definition) is 0. The third-order valence-corrected chi connectivity index (χ3v) is 5.57. The van der Waals surface area contributed by atoms with Crippen LogP contribution in [0.15, 0.2) is 30.3 Å². The Bertz CT molecular complexity index is 398. The second kappa shape index (κ2) is 16.4. The van der Waals surface area contributed by atoms with Crippen molar-refractivity contribution < 1.29 is 0 Å². The molecule has 1 rings (SSSR count). The summed E-state index contributed by atoms with van der Waals surface area (Å²) in [6, 6.07) is 11.1. The van der Waals surface area contributed by atoms with E-state index in [2.05, 4.69) is 56.3 Å². The van der Waals surface area contributed by atoms with E-state index in [1.54, 1.807) is 0 Å². The zero-order valence-corrected chi connectivity index (χ0v) is 18.0. The van der Waals surface area contributed by atoms with Crippen LogP contribution in [-0.2, 0) is 6.42 Å². The van der Waals surface area contributed by atoms with E-state index in [0.29, 0.717) is 0 Å². The van der Waals surface area contributed by atoms with Gasteiger partial charge in [-0.25, -0.2) is 0 Å². The monoisotopic (exact) mass is 359 g/mol. The first kappa shape index (κ1) is 23.2. The molecule has 0 aromatic heterocycles. The first-order chi connectivity index (χ1) is 12.7. The molecule has 1 nitrogen and oxygen atoms in total. The van der Waals surface area contributed by atoms with Gasteiger partial charge in [-0.2, -0.15) is 0 Å². The Kier molecular flexibility index (Phi) is 14.6. The maximum absolute atomic E-state index is 2.33. The maximum Gasteiger partial charge on any atom is -0.00221 e. The summed E-state index contributed by atoms with van der Waals surface area (Å²) in [7, 11) is 4.39. The summed E-state index contributed by atoms with van der Waals surface area (Å²) in [5.74, 6) is 0.846. The molecule has 0 aliphatic heterocycles. The molecule has 0 aliphatic carbocycles. The largest absolute Gasteiger partial charge is 0.309 e. The number of unbranched alkanes of at least 4 members (excludes halogenated alkanes) is 10. The molecule has 1 atom stereocenters. The Balaban J connectivity index is 2.09. The van der Waals surface area contributed by atoms with Gasteiger partial charge >= 0.3 is 0 Å². The fourth-order valence-corrected chi connectivity index (χ4v) is 3.83. The predicted octanol–water partition coefficient (Wildman–Crippen LogP) is 7.50. The van der Waals surface area contributed by atoms with Gasteiger partial charge in [-0.1, -0.05) is 114 Å². The Morgan fingerprint density at radius 2 is 1.23 bits per heavy atom. The van der Waals surface area contributed by atoms with Gasteiger partial charge in [0.25, 0.3) is 0 Å². The zero-order valence-electron chi connectivity index (χ0n) is 18.0. The van der Waals surface area contributed by atoms with Crippen LogP contribution in [0.1, 0.15) is 96.0 Å². The maximum atomic E-state index is 2.33. The van der Waals surface area contributed by atoms with Crippen LogP contribution >= 0.6 is 0 Å². The SMILES string of the molecule is CCCCCCCCCCCCCC(CCN(C)C)Cc1ccccc1. The average molecular weight is 360 g/mol. The molecule has 0 saturated heterocycles. The van der Waals surface area contributed by atoms with Crippen molar-refractivity contribution in [2.24, 2.45) is 5.92 Å². The first-order valence-electron chi connectivity index (χ1n) is 11.4. The quantitative estimate of drug-likeness (QED) is 0.260. The molecule has 0 bridgehead atoms. The van der Waals surface area contributed by atoms with Gasteiger partial charge in [-0.05, 0) is 45.0 Å².